The molecule has 1 aromatic heterocycles. The topological polar surface area (TPSA) is 62.6 Å². The molecule has 0 atom stereocenters. The molecule has 0 bridgehead atoms. The van der Waals surface area contributed by atoms with Gasteiger partial charge in [0.25, 0.3) is 5.91 Å². The molecule has 0 spiro atoms. The molecule has 5 heteroatoms. The minimum atomic E-state index is -0.132. The Morgan fingerprint density at radius 1 is 1.13 bits per heavy atom. The summed E-state index contributed by atoms with van der Waals surface area (Å²) in [5, 5.41) is 2.94. The van der Waals surface area contributed by atoms with Crippen LogP contribution in [0.25, 0.3) is 11.6 Å². The van der Waals surface area contributed by atoms with Crippen molar-refractivity contribution < 1.29 is 14.0 Å². The number of likely N-dealkylation sites (tertiary alicyclic amines) is 1. The molecule has 5 rings (SSSR count). The highest BCUT2D eigenvalue weighted by Crippen LogP contribution is 2.37. The number of aryl methyl sites for hydroxylation is 1. The largest absolute Gasteiger partial charge is 0.461 e. The lowest BCUT2D eigenvalue weighted by Crippen LogP contribution is -2.34. The number of rotatable bonds is 5. The van der Waals surface area contributed by atoms with Crippen molar-refractivity contribution in [1.29, 1.82) is 0 Å². The second-order valence-electron chi connectivity index (χ2n) is 8.94. The predicted molar refractivity (Wildman–Crippen MR) is 122 cm³/mol. The van der Waals surface area contributed by atoms with Crippen LogP contribution in [0.4, 0.5) is 5.69 Å². The van der Waals surface area contributed by atoms with E-state index >= 15 is 0 Å². The molecule has 1 N–H and O–H groups in total. The number of anilines is 1. The van der Waals surface area contributed by atoms with Gasteiger partial charge < -0.3 is 9.73 Å². The molecule has 2 aromatic rings. The molecule has 1 saturated heterocycles. The van der Waals surface area contributed by atoms with Gasteiger partial charge in [-0.25, -0.2) is 0 Å². The number of ketones is 1. The zero-order chi connectivity index (χ0) is 21.4. The first-order valence-electron chi connectivity index (χ1n) is 11.7. The van der Waals surface area contributed by atoms with Crippen molar-refractivity contribution in [3.63, 3.8) is 0 Å². The molecule has 1 amide bonds. The average Bonchev–Trinajstić information content (AvgIpc) is 3.30. The second kappa shape index (κ2) is 8.46. The molecule has 0 saturated carbocycles. The van der Waals surface area contributed by atoms with Gasteiger partial charge in [-0.3, -0.25) is 14.5 Å². The Bertz CT molecular complexity index is 1060. The number of piperidine rings is 1. The van der Waals surface area contributed by atoms with E-state index in [1.807, 2.05) is 24.3 Å². The lowest BCUT2D eigenvalue weighted by atomic mass is 9.93. The Labute approximate surface area is 183 Å². The first-order chi connectivity index (χ1) is 15.1. The number of hydrogen-bond acceptors (Lipinski definition) is 4. The van der Waals surface area contributed by atoms with E-state index in [9.17, 15) is 9.59 Å². The molecule has 5 nitrogen and oxygen atoms in total. The Morgan fingerprint density at radius 2 is 1.94 bits per heavy atom. The zero-order valence-corrected chi connectivity index (χ0v) is 18.3. The van der Waals surface area contributed by atoms with E-state index in [2.05, 4.69) is 17.1 Å². The third-order valence-corrected chi connectivity index (χ3v) is 6.88. The van der Waals surface area contributed by atoms with Gasteiger partial charge in [-0.15, -0.1) is 0 Å². The highest BCUT2D eigenvalue weighted by atomic mass is 16.3. The van der Waals surface area contributed by atoms with Crippen LogP contribution in [0.5, 0.6) is 0 Å². The maximum atomic E-state index is 12.9. The van der Waals surface area contributed by atoms with Gasteiger partial charge in [-0.1, -0.05) is 13.3 Å². The summed E-state index contributed by atoms with van der Waals surface area (Å²) in [6.07, 6.45) is 10.7. The normalized spacial score (nSPS) is 19.9. The van der Waals surface area contributed by atoms with Crippen LogP contribution in [0.2, 0.25) is 0 Å². The molecular weight excluding hydrogens is 388 g/mol. The van der Waals surface area contributed by atoms with Crippen LogP contribution in [0.3, 0.4) is 0 Å². The van der Waals surface area contributed by atoms with Crippen LogP contribution in [0.15, 0.2) is 22.6 Å². The van der Waals surface area contributed by atoms with E-state index < -0.39 is 0 Å². The Balaban J connectivity index is 1.46. The van der Waals surface area contributed by atoms with Crippen LogP contribution in [0, 0.1) is 0 Å². The SMILES string of the molecule is CCc1c(C=C2C(=O)Nc3ccc(C(=O)CN4CCCCC4)cc32)oc2c1CCCC2. The number of furan rings is 1. The highest BCUT2D eigenvalue weighted by Gasteiger charge is 2.28. The fourth-order valence-corrected chi connectivity index (χ4v) is 5.20. The average molecular weight is 419 g/mol. The van der Waals surface area contributed by atoms with Crippen molar-refractivity contribution in [3.8, 4) is 0 Å². The van der Waals surface area contributed by atoms with E-state index in [0.29, 0.717) is 17.7 Å². The number of benzene rings is 1. The summed E-state index contributed by atoms with van der Waals surface area (Å²) in [6.45, 7) is 4.57. The number of hydrogen-bond donors (Lipinski definition) is 1. The van der Waals surface area contributed by atoms with E-state index in [0.717, 1.165) is 74.4 Å². The molecule has 3 aliphatic rings. The molecule has 0 unspecified atom stereocenters. The van der Waals surface area contributed by atoms with E-state index in [-0.39, 0.29) is 11.7 Å². The minimum Gasteiger partial charge on any atom is -0.461 e. The van der Waals surface area contributed by atoms with Crippen LogP contribution >= 0.6 is 0 Å². The fourth-order valence-electron chi connectivity index (χ4n) is 5.20. The van der Waals surface area contributed by atoms with Crippen LogP contribution in [-0.4, -0.2) is 36.2 Å². The van der Waals surface area contributed by atoms with Gasteiger partial charge in [-0.05, 0) is 81.5 Å². The number of amides is 1. The predicted octanol–water partition coefficient (Wildman–Crippen LogP) is 4.88. The van der Waals surface area contributed by atoms with Gasteiger partial charge in [0.05, 0.1) is 12.1 Å². The number of fused-ring (bicyclic) bond motifs is 2. The van der Waals surface area contributed by atoms with Crippen molar-refractivity contribution in [2.45, 2.75) is 58.3 Å². The van der Waals surface area contributed by atoms with Crippen molar-refractivity contribution in [3.05, 3.63) is 52.0 Å². The summed E-state index contributed by atoms with van der Waals surface area (Å²) in [7, 11) is 0. The maximum Gasteiger partial charge on any atom is 0.256 e. The molecular formula is C26H30N2O3. The zero-order valence-electron chi connectivity index (χ0n) is 18.3. The van der Waals surface area contributed by atoms with E-state index in [4.69, 9.17) is 4.42 Å². The van der Waals surface area contributed by atoms with Gasteiger partial charge in [0.2, 0.25) is 0 Å². The van der Waals surface area contributed by atoms with Gasteiger partial charge in [0.1, 0.15) is 11.5 Å². The fraction of sp³-hybridized carbons (Fsp3) is 0.462. The molecule has 2 aliphatic heterocycles. The van der Waals surface area contributed by atoms with Gasteiger partial charge in [-0.2, -0.15) is 0 Å². The first-order valence-corrected chi connectivity index (χ1v) is 11.7. The third kappa shape index (κ3) is 3.87. The maximum absolute atomic E-state index is 12.9. The van der Waals surface area contributed by atoms with Crippen molar-refractivity contribution in [1.82, 2.24) is 4.90 Å². The Hall–Kier alpha value is -2.66. The Kier molecular flexibility index (Phi) is 5.53. The highest BCUT2D eigenvalue weighted by molar-refractivity contribution is 6.35. The smallest absolute Gasteiger partial charge is 0.256 e. The van der Waals surface area contributed by atoms with Crippen molar-refractivity contribution >= 4 is 29.0 Å². The van der Waals surface area contributed by atoms with Gasteiger partial charge in [0.15, 0.2) is 5.78 Å². The van der Waals surface area contributed by atoms with Gasteiger partial charge in [0, 0.05) is 28.8 Å². The third-order valence-electron chi connectivity index (χ3n) is 6.88. The molecule has 1 fully saturated rings. The van der Waals surface area contributed by atoms with Crippen LogP contribution in [0.1, 0.15) is 77.6 Å². The summed E-state index contributed by atoms with van der Waals surface area (Å²) in [5.41, 5.74) is 5.38. The summed E-state index contributed by atoms with van der Waals surface area (Å²) < 4.78 is 6.20. The standard InChI is InChI=1S/C26H30N2O3/c1-2-18-19-8-4-5-9-24(19)31-25(18)15-21-20-14-17(10-11-22(20)27-26(21)30)23(29)16-28-12-6-3-7-13-28/h10-11,14-15H,2-9,12-13,16H2,1H3,(H,27,30). The van der Waals surface area contributed by atoms with Crippen LogP contribution in [-0.2, 0) is 24.1 Å². The number of carbonyl (C=O) groups is 2. The summed E-state index contributed by atoms with van der Waals surface area (Å²) in [6, 6.07) is 5.56. The molecule has 1 aromatic carbocycles. The van der Waals surface area contributed by atoms with Gasteiger partial charge >= 0.3 is 0 Å². The molecule has 31 heavy (non-hydrogen) atoms. The number of nitrogens with zero attached hydrogens (tertiary/aromatic N) is 1. The van der Waals surface area contributed by atoms with E-state index in [1.54, 1.807) is 0 Å². The first kappa shape index (κ1) is 20.3. The molecule has 0 radical (unpaired) electrons. The minimum absolute atomic E-state index is 0.117. The monoisotopic (exact) mass is 418 g/mol. The number of nitrogens with one attached hydrogen (secondary N) is 1. The summed E-state index contributed by atoms with van der Waals surface area (Å²) in [5.74, 6) is 1.87. The van der Waals surface area contributed by atoms with Crippen LogP contribution < -0.4 is 5.32 Å². The molecule has 1 aliphatic carbocycles. The van der Waals surface area contributed by atoms with Crippen molar-refractivity contribution in [2.24, 2.45) is 0 Å². The lowest BCUT2D eigenvalue weighted by molar-refractivity contribution is -0.110. The number of Topliss-reactive ketones (excluding diaryl/α,β-unsaturated/α-hetero) is 1. The Morgan fingerprint density at radius 3 is 2.74 bits per heavy atom. The lowest BCUT2D eigenvalue weighted by Gasteiger charge is -2.25. The van der Waals surface area contributed by atoms with E-state index in [1.165, 1.54) is 24.0 Å². The summed E-state index contributed by atoms with van der Waals surface area (Å²) >= 11 is 0. The number of carbonyl (C=O) groups excluding carboxylic acids is 2. The summed E-state index contributed by atoms with van der Waals surface area (Å²) in [4.78, 5) is 27.9. The van der Waals surface area contributed by atoms with Crippen molar-refractivity contribution in [2.75, 3.05) is 25.0 Å². The molecule has 3 heterocycles. The molecule has 162 valence electrons. The second-order valence-corrected chi connectivity index (χ2v) is 8.94. The quantitative estimate of drug-likeness (QED) is 0.555.